The van der Waals surface area contributed by atoms with E-state index in [0.29, 0.717) is 0 Å². The van der Waals surface area contributed by atoms with Gasteiger partial charge in [0.25, 0.3) is 0 Å². The molecule has 5 nitrogen and oxygen atoms in total. The van der Waals surface area contributed by atoms with Gasteiger partial charge in [-0.05, 0) is 18.6 Å². The van der Waals surface area contributed by atoms with Crippen molar-refractivity contribution in [1.82, 2.24) is 19.9 Å². The van der Waals surface area contributed by atoms with Crippen LogP contribution in [-0.4, -0.2) is 33.5 Å². The van der Waals surface area contributed by atoms with E-state index in [1.165, 1.54) is 16.1 Å². The van der Waals surface area contributed by atoms with Crippen LogP contribution in [0.4, 0.5) is 0 Å². The molecule has 27 heavy (non-hydrogen) atoms. The Hall–Kier alpha value is -2.31. The second-order valence-corrected chi connectivity index (χ2v) is 7.95. The first-order chi connectivity index (χ1) is 13.2. The number of ether oxygens (including phenoxy) is 1. The molecule has 1 aliphatic heterocycles. The monoisotopic (exact) mass is 380 g/mol. The van der Waals surface area contributed by atoms with Crippen LogP contribution in [0.2, 0.25) is 0 Å². The number of fused-ring (bicyclic) bond motifs is 1. The number of methoxy groups -OCH3 is 1. The molecule has 1 aliphatic rings. The van der Waals surface area contributed by atoms with Gasteiger partial charge in [0.15, 0.2) is 0 Å². The molecule has 3 aromatic rings. The molecule has 0 radical (unpaired) electrons. The lowest BCUT2D eigenvalue weighted by Crippen LogP contribution is -2.30. The van der Waals surface area contributed by atoms with Crippen LogP contribution in [0, 0.1) is 0 Å². The third kappa shape index (κ3) is 4.17. The third-order valence-electron chi connectivity index (χ3n) is 4.79. The first kappa shape index (κ1) is 18.1. The van der Waals surface area contributed by atoms with E-state index >= 15 is 0 Å². The maximum Gasteiger partial charge on any atom is 0.128 e. The minimum atomic E-state index is 0.860. The van der Waals surface area contributed by atoms with E-state index in [1.54, 1.807) is 18.4 Å². The Labute approximate surface area is 164 Å². The van der Waals surface area contributed by atoms with Gasteiger partial charge in [0.2, 0.25) is 0 Å². The van der Waals surface area contributed by atoms with Gasteiger partial charge in [-0.1, -0.05) is 19.1 Å². The minimum Gasteiger partial charge on any atom is -0.497 e. The lowest BCUT2D eigenvalue weighted by Gasteiger charge is -2.27. The molecule has 140 valence electrons. The van der Waals surface area contributed by atoms with Crippen molar-refractivity contribution in [3.8, 4) is 16.3 Å². The quantitative estimate of drug-likeness (QED) is 0.644. The third-order valence-corrected chi connectivity index (χ3v) is 5.82. The molecule has 0 saturated carbocycles. The van der Waals surface area contributed by atoms with Crippen LogP contribution in [0.15, 0.2) is 36.7 Å². The van der Waals surface area contributed by atoms with Crippen molar-refractivity contribution in [2.45, 2.75) is 39.3 Å². The lowest BCUT2D eigenvalue weighted by molar-refractivity contribution is 0.244. The number of benzene rings is 1. The van der Waals surface area contributed by atoms with Crippen molar-refractivity contribution in [2.24, 2.45) is 0 Å². The minimum absolute atomic E-state index is 0.860. The molecule has 0 amide bonds. The first-order valence-corrected chi connectivity index (χ1v) is 10.2. The molecule has 0 atom stereocenters. The van der Waals surface area contributed by atoms with Crippen LogP contribution in [0.5, 0.6) is 5.75 Å². The summed E-state index contributed by atoms with van der Waals surface area (Å²) in [5, 5.41) is 1.04. The average molecular weight is 381 g/mol. The molecule has 0 unspecified atom stereocenters. The van der Waals surface area contributed by atoms with Crippen molar-refractivity contribution in [3.63, 3.8) is 0 Å². The predicted molar refractivity (Wildman–Crippen MR) is 108 cm³/mol. The molecule has 1 aromatic carbocycles. The molecule has 2 aromatic heterocycles. The highest BCUT2D eigenvalue weighted by Crippen LogP contribution is 2.29. The van der Waals surface area contributed by atoms with E-state index in [-0.39, 0.29) is 0 Å². The highest BCUT2D eigenvalue weighted by atomic mass is 32.1. The van der Waals surface area contributed by atoms with E-state index in [4.69, 9.17) is 9.72 Å². The average Bonchev–Trinajstić information content (AvgIpc) is 3.17. The van der Waals surface area contributed by atoms with Crippen molar-refractivity contribution in [2.75, 3.05) is 13.7 Å². The van der Waals surface area contributed by atoms with Crippen LogP contribution in [-0.2, 0) is 25.9 Å². The van der Waals surface area contributed by atoms with Crippen LogP contribution >= 0.6 is 11.3 Å². The largest absolute Gasteiger partial charge is 0.497 e. The number of aromatic nitrogens is 3. The standard InChI is InChI=1S/C21H24N4OS/c1-3-5-20-22-11-16-13-25(9-8-19(16)24-20)14-18-12-23-21(27-18)15-6-4-7-17(10-15)26-2/h4,6-7,10-12H,3,5,8-9,13-14H2,1-2H3. The molecule has 0 saturated heterocycles. The van der Waals surface area contributed by atoms with Gasteiger partial charge in [-0.2, -0.15) is 0 Å². The van der Waals surface area contributed by atoms with E-state index in [2.05, 4.69) is 27.9 Å². The van der Waals surface area contributed by atoms with Gasteiger partial charge in [-0.25, -0.2) is 15.0 Å². The number of thiazole rings is 1. The van der Waals surface area contributed by atoms with Gasteiger partial charge >= 0.3 is 0 Å². The summed E-state index contributed by atoms with van der Waals surface area (Å²) in [5.74, 6) is 1.84. The topological polar surface area (TPSA) is 51.1 Å². The number of aryl methyl sites for hydroxylation is 1. The number of nitrogens with zero attached hydrogens (tertiary/aromatic N) is 4. The summed E-state index contributed by atoms with van der Waals surface area (Å²) in [6.07, 6.45) is 7.07. The fourth-order valence-electron chi connectivity index (χ4n) is 3.39. The summed E-state index contributed by atoms with van der Waals surface area (Å²) in [6.45, 7) is 5.02. The lowest BCUT2D eigenvalue weighted by atomic mass is 10.1. The van der Waals surface area contributed by atoms with Gasteiger partial charge in [-0.3, -0.25) is 4.90 Å². The summed E-state index contributed by atoms with van der Waals surface area (Å²) >= 11 is 1.75. The molecule has 3 heterocycles. The van der Waals surface area contributed by atoms with Gasteiger partial charge in [0.1, 0.15) is 16.6 Å². The second-order valence-electron chi connectivity index (χ2n) is 6.83. The predicted octanol–water partition coefficient (Wildman–Crippen LogP) is 4.12. The van der Waals surface area contributed by atoms with Crippen molar-refractivity contribution in [3.05, 3.63) is 58.6 Å². The zero-order valence-corrected chi connectivity index (χ0v) is 16.6. The molecule has 0 aliphatic carbocycles. The summed E-state index contributed by atoms with van der Waals surface area (Å²) in [4.78, 5) is 17.6. The van der Waals surface area contributed by atoms with Crippen LogP contribution < -0.4 is 4.74 Å². The molecule has 0 spiro atoms. The maximum absolute atomic E-state index is 5.32. The molecular weight excluding hydrogens is 356 g/mol. The fourth-order valence-corrected chi connectivity index (χ4v) is 4.34. The second kappa shape index (κ2) is 8.15. The van der Waals surface area contributed by atoms with Crippen LogP contribution in [0.1, 0.15) is 35.3 Å². The summed E-state index contributed by atoms with van der Waals surface area (Å²) < 4.78 is 5.32. The highest BCUT2D eigenvalue weighted by molar-refractivity contribution is 7.15. The van der Waals surface area contributed by atoms with Gasteiger partial charge < -0.3 is 4.74 Å². The fraction of sp³-hybridized carbons (Fsp3) is 0.381. The summed E-state index contributed by atoms with van der Waals surface area (Å²) in [7, 11) is 1.69. The van der Waals surface area contributed by atoms with E-state index in [9.17, 15) is 0 Å². The molecule has 0 N–H and O–H groups in total. The summed E-state index contributed by atoms with van der Waals surface area (Å²) in [6, 6.07) is 8.07. The number of hydrogen-bond donors (Lipinski definition) is 0. The first-order valence-electron chi connectivity index (χ1n) is 9.40. The van der Waals surface area contributed by atoms with E-state index in [1.807, 2.05) is 30.6 Å². The normalized spacial score (nSPS) is 14.1. The van der Waals surface area contributed by atoms with E-state index < -0.39 is 0 Å². The molecule has 0 bridgehead atoms. The van der Waals surface area contributed by atoms with Gasteiger partial charge in [0.05, 0.1) is 7.11 Å². The Balaban J connectivity index is 1.44. The SMILES string of the molecule is CCCc1ncc2c(n1)CCN(Cc1cnc(-c3cccc(OC)c3)s1)C2. The van der Waals surface area contributed by atoms with E-state index in [0.717, 1.165) is 61.0 Å². The maximum atomic E-state index is 5.32. The van der Waals surface area contributed by atoms with Gasteiger partial charge in [0, 0.05) is 66.6 Å². The highest BCUT2D eigenvalue weighted by Gasteiger charge is 2.19. The zero-order valence-electron chi connectivity index (χ0n) is 15.8. The van der Waals surface area contributed by atoms with Crippen LogP contribution in [0.3, 0.4) is 0 Å². The Kier molecular flexibility index (Phi) is 5.45. The molecular formula is C21H24N4OS. The summed E-state index contributed by atoms with van der Waals surface area (Å²) in [5.41, 5.74) is 3.59. The number of rotatable bonds is 6. The van der Waals surface area contributed by atoms with Crippen LogP contribution in [0.25, 0.3) is 10.6 Å². The smallest absolute Gasteiger partial charge is 0.128 e. The zero-order chi connectivity index (χ0) is 18.6. The Morgan fingerprint density at radius 2 is 2.15 bits per heavy atom. The number of hydrogen-bond acceptors (Lipinski definition) is 6. The van der Waals surface area contributed by atoms with Crippen molar-refractivity contribution < 1.29 is 4.74 Å². The molecule has 4 rings (SSSR count). The molecule has 6 heteroatoms. The Morgan fingerprint density at radius 1 is 1.22 bits per heavy atom. The Morgan fingerprint density at radius 3 is 3.00 bits per heavy atom. The molecule has 0 fully saturated rings. The van der Waals surface area contributed by atoms with Gasteiger partial charge in [-0.15, -0.1) is 11.3 Å². The Bertz CT molecular complexity index is 924. The van der Waals surface area contributed by atoms with Crippen molar-refractivity contribution in [1.29, 1.82) is 0 Å². The van der Waals surface area contributed by atoms with Crippen molar-refractivity contribution >= 4 is 11.3 Å².